The van der Waals surface area contributed by atoms with E-state index in [9.17, 15) is 14.4 Å². The molecule has 0 radical (unpaired) electrons. The predicted octanol–water partition coefficient (Wildman–Crippen LogP) is 1.28. The summed E-state index contributed by atoms with van der Waals surface area (Å²) in [5, 5.41) is 10.9. The first-order chi connectivity index (χ1) is 8.69. The maximum Gasteiger partial charge on any atom is 0.412 e. The van der Waals surface area contributed by atoms with Crippen LogP contribution in [0.3, 0.4) is 0 Å². The van der Waals surface area contributed by atoms with Gasteiger partial charge in [-0.05, 0) is 32.9 Å². The zero-order valence-electron chi connectivity index (χ0n) is 11.0. The second-order valence-corrected chi connectivity index (χ2v) is 4.88. The van der Waals surface area contributed by atoms with Crippen molar-refractivity contribution in [1.82, 2.24) is 4.57 Å². The van der Waals surface area contributed by atoms with E-state index in [4.69, 9.17) is 9.84 Å². The third-order valence-electron chi connectivity index (χ3n) is 1.96. The van der Waals surface area contributed by atoms with Crippen molar-refractivity contribution in [3.63, 3.8) is 0 Å². The van der Waals surface area contributed by atoms with E-state index < -0.39 is 29.8 Å². The lowest BCUT2D eigenvalue weighted by atomic mass is 10.2. The lowest BCUT2D eigenvalue weighted by Crippen LogP contribution is -2.31. The number of hydrogen-bond donors (Lipinski definition) is 2. The molecule has 1 aromatic rings. The minimum atomic E-state index is -1.14. The molecular weight excluding hydrogens is 252 g/mol. The Kier molecular flexibility index (Phi) is 4.31. The van der Waals surface area contributed by atoms with Crippen LogP contribution in [0.15, 0.2) is 23.1 Å². The van der Waals surface area contributed by atoms with Gasteiger partial charge in [-0.3, -0.25) is 14.9 Å². The Balaban J connectivity index is 2.88. The number of ether oxygens (including phenoxy) is 1. The minimum Gasteiger partial charge on any atom is -0.480 e. The van der Waals surface area contributed by atoms with Gasteiger partial charge in [-0.1, -0.05) is 0 Å². The van der Waals surface area contributed by atoms with Gasteiger partial charge in [0.1, 0.15) is 17.8 Å². The summed E-state index contributed by atoms with van der Waals surface area (Å²) < 4.78 is 5.98. The average molecular weight is 268 g/mol. The summed E-state index contributed by atoms with van der Waals surface area (Å²) in [6, 6.07) is 2.85. The standard InChI is InChI=1S/C12H16N2O5/c1-12(2,3)19-11(18)13-8-5-4-6-14(10(8)17)7-9(15)16/h4-6H,7H2,1-3H3,(H,13,18)(H,15,16). The van der Waals surface area contributed by atoms with Crippen LogP contribution in [-0.2, 0) is 16.1 Å². The topological polar surface area (TPSA) is 97.6 Å². The second-order valence-electron chi connectivity index (χ2n) is 4.88. The number of rotatable bonds is 3. The van der Waals surface area contributed by atoms with Crippen LogP contribution in [0.25, 0.3) is 0 Å². The molecule has 7 heteroatoms. The lowest BCUT2D eigenvalue weighted by Gasteiger charge is -2.19. The highest BCUT2D eigenvalue weighted by Crippen LogP contribution is 2.09. The molecule has 1 heterocycles. The monoisotopic (exact) mass is 268 g/mol. The number of carbonyl (C=O) groups is 2. The average Bonchev–Trinajstić information content (AvgIpc) is 2.20. The smallest absolute Gasteiger partial charge is 0.412 e. The van der Waals surface area contributed by atoms with Gasteiger partial charge in [0.05, 0.1) is 0 Å². The second kappa shape index (κ2) is 5.55. The molecule has 0 aliphatic rings. The van der Waals surface area contributed by atoms with Crippen LogP contribution in [0.2, 0.25) is 0 Å². The molecule has 0 unspecified atom stereocenters. The SMILES string of the molecule is CC(C)(C)OC(=O)Nc1cccn(CC(=O)O)c1=O. The molecule has 0 saturated carbocycles. The van der Waals surface area contributed by atoms with E-state index in [0.717, 1.165) is 4.57 Å². The summed E-state index contributed by atoms with van der Waals surface area (Å²) in [4.78, 5) is 33.9. The Morgan fingerprint density at radius 1 is 1.42 bits per heavy atom. The number of hydrogen-bond acceptors (Lipinski definition) is 4. The molecule has 0 fully saturated rings. The zero-order chi connectivity index (χ0) is 14.6. The number of aliphatic carboxylic acids is 1. The van der Waals surface area contributed by atoms with Gasteiger partial charge < -0.3 is 14.4 Å². The number of nitrogens with one attached hydrogen (secondary N) is 1. The van der Waals surface area contributed by atoms with Crippen LogP contribution in [0.5, 0.6) is 0 Å². The van der Waals surface area contributed by atoms with Crippen molar-refractivity contribution in [2.24, 2.45) is 0 Å². The molecule has 0 bridgehead atoms. The van der Waals surface area contributed by atoms with Gasteiger partial charge in [0.2, 0.25) is 0 Å². The number of carboxylic acids is 1. The Labute approximate surface area is 109 Å². The fourth-order valence-corrected chi connectivity index (χ4v) is 1.32. The first-order valence-electron chi connectivity index (χ1n) is 5.60. The molecule has 0 atom stereocenters. The number of pyridine rings is 1. The molecule has 1 rings (SSSR count). The van der Waals surface area contributed by atoms with Crippen molar-refractivity contribution < 1.29 is 19.4 Å². The molecule has 1 aromatic heterocycles. The van der Waals surface area contributed by atoms with Gasteiger partial charge in [-0.2, -0.15) is 0 Å². The molecular formula is C12H16N2O5. The van der Waals surface area contributed by atoms with Crippen molar-refractivity contribution >= 4 is 17.7 Å². The third kappa shape index (κ3) is 4.82. The highest BCUT2D eigenvalue weighted by molar-refractivity contribution is 5.84. The summed E-state index contributed by atoms with van der Waals surface area (Å²) in [7, 11) is 0. The van der Waals surface area contributed by atoms with Gasteiger partial charge in [0, 0.05) is 6.20 Å². The van der Waals surface area contributed by atoms with Gasteiger partial charge in [-0.25, -0.2) is 4.79 Å². The molecule has 0 aromatic carbocycles. The highest BCUT2D eigenvalue weighted by Gasteiger charge is 2.17. The van der Waals surface area contributed by atoms with Crippen LogP contribution >= 0.6 is 0 Å². The quantitative estimate of drug-likeness (QED) is 0.860. The Hall–Kier alpha value is -2.31. The van der Waals surface area contributed by atoms with Crippen molar-refractivity contribution in [1.29, 1.82) is 0 Å². The molecule has 19 heavy (non-hydrogen) atoms. The van der Waals surface area contributed by atoms with Gasteiger partial charge in [0.25, 0.3) is 5.56 Å². The van der Waals surface area contributed by atoms with E-state index in [2.05, 4.69) is 5.32 Å². The minimum absolute atomic E-state index is 0.0296. The normalized spacial score (nSPS) is 10.9. The number of anilines is 1. The Bertz CT molecular complexity index is 542. The summed E-state index contributed by atoms with van der Waals surface area (Å²) >= 11 is 0. The van der Waals surface area contributed by atoms with Crippen molar-refractivity contribution in [2.45, 2.75) is 32.9 Å². The summed E-state index contributed by atoms with van der Waals surface area (Å²) in [5.74, 6) is -1.14. The predicted molar refractivity (Wildman–Crippen MR) is 68.2 cm³/mol. The van der Waals surface area contributed by atoms with E-state index in [1.165, 1.54) is 18.3 Å². The van der Waals surface area contributed by atoms with Crippen molar-refractivity contribution in [3.05, 3.63) is 28.7 Å². The molecule has 0 aliphatic carbocycles. The van der Waals surface area contributed by atoms with Crippen LogP contribution in [0, 0.1) is 0 Å². The van der Waals surface area contributed by atoms with Crippen LogP contribution in [0.1, 0.15) is 20.8 Å². The first-order valence-corrected chi connectivity index (χ1v) is 5.60. The van der Waals surface area contributed by atoms with E-state index in [-0.39, 0.29) is 5.69 Å². The third-order valence-corrected chi connectivity index (χ3v) is 1.96. The van der Waals surface area contributed by atoms with Gasteiger partial charge >= 0.3 is 12.1 Å². The zero-order valence-corrected chi connectivity index (χ0v) is 11.0. The van der Waals surface area contributed by atoms with Gasteiger partial charge in [-0.15, -0.1) is 0 Å². The maximum absolute atomic E-state index is 11.8. The number of nitrogens with zero attached hydrogens (tertiary/aromatic N) is 1. The van der Waals surface area contributed by atoms with E-state index in [1.807, 2.05) is 0 Å². The van der Waals surface area contributed by atoms with Crippen molar-refractivity contribution in [2.75, 3.05) is 5.32 Å². The number of carbonyl (C=O) groups excluding carboxylic acids is 1. The van der Waals surface area contributed by atoms with E-state index in [0.29, 0.717) is 0 Å². The summed E-state index contributed by atoms with van der Waals surface area (Å²) in [6.07, 6.45) is 0.564. The van der Waals surface area contributed by atoms with Crippen LogP contribution in [0.4, 0.5) is 10.5 Å². The molecule has 0 saturated heterocycles. The van der Waals surface area contributed by atoms with Gasteiger partial charge in [0.15, 0.2) is 0 Å². The fraction of sp³-hybridized carbons (Fsp3) is 0.417. The van der Waals surface area contributed by atoms with E-state index >= 15 is 0 Å². The van der Waals surface area contributed by atoms with Crippen LogP contribution < -0.4 is 10.9 Å². The van der Waals surface area contributed by atoms with Crippen molar-refractivity contribution in [3.8, 4) is 0 Å². The molecule has 2 N–H and O–H groups in total. The highest BCUT2D eigenvalue weighted by atomic mass is 16.6. The summed E-state index contributed by atoms with van der Waals surface area (Å²) in [6.45, 7) is 4.61. The molecule has 1 amide bonds. The number of amides is 1. The maximum atomic E-state index is 11.8. The summed E-state index contributed by atoms with van der Waals surface area (Å²) in [5.41, 5.74) is -1.31. The Morgan fingerprint density at radius 2 is 2.05 bits per heavy atom. The molecule has 0 spiro atoms. The first kappa shape index (κ1) is 14.7. The number of aromatic nitrogens is 1. The Morgan fingerprint density at radius 3 is 2.58 bits per heavy atom. The lowest BCUT2D eigenvalue weighted by molar-refractivity contribution is -0.137. The number of carboxylic acid groups (broad SMARTS) is 1. The molecule has 104 valence electrons. The molecule has 0 aliphatic heterocycles. The largest absolute Gasteiger partial charge is 0.480 e. The molecule has 7 nitrogen and oxygen atoms in total. The van der Waals surface area contributed by atoms with E-state index in [1.54, 1.807) is 20.8 Å². The fourth-order valence-electron chi connectivity index (χ4n) is 1.32. The van der Waals surface area contributed by atoms with Crippen LogP contribution in [-0.4, -0.2) is 27.3 Å².